The molecule has 3 nitrogen and oxygen atoms in total. The number of piperazine rings is 1. The number of hydrogen-bond acceptors (Lipinski definition) is 3. The maximum absolute atomic E-state index is 5.83. The highest BCUT2D eigenvalue weighted by atomic mass is 32.1. The third-order valence-electron chi connectivity index (χ3n) is 4.12. The van der Waals surface area contributed by atoms with Crippen molar-refractivity contribution < 1.29 is 0 Å². The predicted octanol–water partition coefficient (Wildman–Crippen LogP) is 2.10. The molecule has 1 heterocycles. The van der Waals surface area contributed by atoms with Crippen molar-refractivity contribution in [1.82, 2.24) is 9.80 Å². The van der Waals surface area contributed by atoms with Gasteiger partial charge in [0.15, 0.2) is 0 Å². The Morgan fingerprint density at radius 1 is 1.28 bits per heavy atom. The van der Waals surface area contributed by atoms with Crippen molar-refractivity contribution in [3.05, 3.63) is 0 Å². The van der Waals surface area contributed by atoms with E-state index in [0.29, 0.717) is 4.99 Å². The fourth-order valence-corrected chi connectivity index (χ4v) is 2.80. The first kappa shape index (κ1) is 15.9. The van der Waals surface area contributed by atoms with E-state index in [0.717, 1.165) is 32.1 Å². The molecule has 0 aliphatic carbocycles. The summed E-state index contributed by atoms with van der Waals surface area (Å²) in [5.74, 6) is 0.810. The zero-order valence-corrected chi connectivity index (χ0v) is 13.2. The molecule has 0 bridgehead atoms. The molecule has 1 saturated heterocycles. The monoisotopic (exact) mass is 271 g/mol. The average Bonchev–Trinajstić information content (AvgIpc) is 2.29. The molecule has 106 valence electrons. The van der Waals surface area contributed by atoms with Crippen LogP contribution in [0.5, 0.6) is 0 Å². The lowest BCUT2D eigenvalue weighted by Crippen LogP contribution is -2.59. The largest absolute Gasteiger partial charge is 0.392 e. The standard InChI is InChI=1S/C14H29N3S/c1-5-6-12(2)11-16-7-9-17(10-8-16)14(3,4)13(15)18/h12H,5-11H2,1-4H3,(H2,15,18). The fraction of sp³-hybridized carbons (Fsp3) is 0.929. The molecule has 0 radical (unpaired) electrons. The van der Waals surface area contributed by atoms with Crippen LogP contribution in [0.2, 0.25) is 0 Å². The summed E-state index contributed by atoms with van der Waals surface area (Å²) in [4.78, 5) is 5.60. The van der Waals surface area contributed by atoms with E-state index >= 15 is 0 Å². The molecule has 0 aromatic carbocycles. The second-order valence-electron chi connectivity index (χ2n) is 6.10. The summed E-state index contributed by atoms with van der Waals surface area (Å²) >= 11 is 5.17. The SMILES string of the molecule is CCCC(C)CN1CCN(C(C)(C)C(N)=S)CC1. The normalized spacial score (nSPS) is 20.9. The van der Waals surface area contributed by atoms with E-state index in [9.17, 15) is 0 Å². The van der Waals surface area contributed by atoms with Gasteiger partial charge in [-0.15, -0.1) is 0 Å². The Hall–Kier alpha value is -0.190. The van der Waals surface area contributed by atoms with Crippen LogP contribution in [0.25, 0.3) is 0 Å². The zero-order valence-electron chi connectivity index (χ0n) is 12.4. The number of hydrogen-bond donors (Lipinski definition) is 1. The first-order valence-corrected chi connectivity index (χ1v) is 7.56. The van der Waals surface area contributed by atoms with Gasteiger partial charge in [0.1, 0.15) is 0 Å². The van der Waals surface area contributed by atoms with Crippen LogP contribution in [0.4, 0.5) is 0 Å². The summed E-state index contributed by atoms with van der Waals surface area (Å²) in [6.45, 7) is 14.5. The highest BCUT2D eigenvalue weighted by Crippen LogP contribution is 2.18. The summed E-state index contributed by atoms with van der Waals surface area (Å²) in [7, 11) is 0. The van der Waals surface area contributed by atoms with E-state index < -0.39 is 0 Å². The van der Waals surface area contributed by atoms with Gasteiger partial charge in [-0.05, 0) is 26.2 Å². The quantitative estimate of drug-likeness (QED) is 0.750. The number of rotatable bonds is 6. The van der Waals surface area contributed by atoms with E-state index in [1.165, 1.54) is 19.4 Å². The molecule has 1 aliphatic rings. The minimum absolute atomic E-state index is 0.142. The Morgan fingerprint density at radius 2 is 1.83 bits per heavy atom. The first-order chi connectivity index (χ1) is 8.37. The molecule has 0 saturated carbocycles. The molecule has 0 amide bonds. The maximum atomic E-state index is 5.83. The highest BCUT2D eigenvalue weighted by molar-refractivity contribution is 7.80. The lowest BCUT2D eigenvalue weighted by atomic mass is 10.0. The molecule has 0 aromatic rings. The van der Waals surface area contributed by atoms with Crippen LogP contribution in [-0.4, -0.2) is 53.1 Å². The second-order valence-corrected chi connectivity index (χ2v) is 6.54. The van der Waals surface area contributed by atoms with Gasteiger partial charge >= 0.3 is 0 Å². The molecule has 1 rings (SSSR count). The highest BCUT2D eigenvalue weighted by Gasteiger charge is 2.32. The summed E-state index contributed by atoms with van der Waals surface area (Å²) in [6.07, 6.45) is 2.62. The third kappa shape index (κ3) is 4.18. The van der Waals surface area contributed by atoms with E-state index in [-0.39, 0.29) is 5.54 Å². The van der Waals surface area contributed by atoms with Crippen LogP contribution in [0.1, 0.15) is 40.5 Å². The van der Waals surface area contributed by atoms with Gasteiger partial charge in [0.25, 0.3) is 0 Å². The van der Waals surface area contributed by atoms with Gasteiger partial charge in [0.05, 0.1) is 10.5 Å². The molecule has 1 aliphatic heterocycles. The van der Waals surface area contributed by atoms with E-state index in [2.05, 4.69) is 37.5 Å². The minimum atomic E-state index is -0.142. The smallest absolute Gasteiger partial charge is 0.0928 e. The molecular weight excluding hydrogens is 242 g/mol. The molecule has 1 atom stereocenters. The Balaban J connectivity index is 2.39. The van der Waals surface area contributed by atoms with Gasteiger partial charge in [-0.25, -0.2) is 0 Å². The Morgan fingerprint density at radius 3 is 2.28 bits per heavy atom. The van der Waals surface area contributed by atoms with Crippen molar-refractivity contribution in [2.24, 2.45) is 11.7 Å². The molecule has 18 heavy (non-hydrogen) atoms. The Bertz CT molecular complexity index is 270. The third-order valence-corrected chi connectivity index (χ3v) is 4.62. The van der Waals surface area contributed by atoms with Crippen LogP contribution >= 0.6 is 12.2 Å². The van der Waals surface area contributed by atoms with Crippen molar-refractivity contribution in [3.8, 4) is 0 Å². The lowest BCUT2D eigenvalue weighted by molar-refractivity contribution is 0.0775. The maximum Gasteiger partial charge on any atom is 0.0928 e. The van der Waals surface area contributed by atoms with Crippen molar-refractivity contribution in [2.45, 2.75) is 46.1 Å². The lowest BCUT2D eigenvalue weighted by Gasteiger charge is -2.44. The number of nitrogens with two attached hydrogens (primary N) is 1. The molecule has 2 N–H and O–H groups in total. The van der Waals surface area contributed by atoms with Crippen molar-refractivity contribution in [2.75, 3.05) is 32.7 Å². The van der Waals surface area contributed by atoms with Gasteiger partial charge in [-0.1, -0.05) is 32.5 Å². The van der Waals surface area contributed by atoms with Gasteiger partial charge in [0.2, 0.25) is 0 Å². The van der Waals surface area contributed by atoms with Crippen LogP contribution in [0, 0.1) is 5.92 Å². The van der Waals surface area contributed by atoms with Gasteiger partial charge in [-0.2, -0.15) is 0 Å². The summed E-state index contributed by atoms with van der Waals surface area (Å²) in [6, 6.07) is 0. The Kier molecular flexibility index (Phi) is 6.02. The van der Waals surface area contributed by atoms with E-state index in [1.807, 2.05) is 0 Å². The summed E-state index contributed by atoms with van der Waals surface area (Å²) in [5, 5.41) is 0. The van der Waals surface area contributed by atoms with Crippen molar-refractivity contribution in [1.29, 1.82) is 0 Å². The van der Waals surface area contributed by atoms with Crippen LogP contribution in [-0.2, 0) is 0 Å². The van der Waals surface area contributed by atoms with Crippen LogP contribution in [0.3, 0.4) is 0 Å². The molecule has 1 fully saturated rings. The van der Waals surface area contributed by atoms with Crippen LogP contribution in [0.15, 0.2) is 0 Å². The minimum Gasteiger partial charge on any atom is -0.392 e. The topological polar surface area (TPSA) is 32.5 Å². The first-order valence-electron chi connectivity index (χ1n) is 7.15. The average molecular weight is 271 g/mol. The van der Waals surface area contributed by atoms with E-state index in [4.69, 9.17) is 18.0 Å². The van der Waals surface area contributed by atoms with Gasteiger partial charge in [-0.3, -0.25) is 4.90 Å². The second kappa shape index (κ2) is 6.83. The van der Waals surface area contributed by atoms with Crippen LogP contribution < -0.4 is 5.73 Å². The molecular formula is C14H29N3S. The fourth-order valence-electron chi connectivity index (χ4n) is 2.67. The van der Waals surface area contributed by atoms with E-state index in [1.54, 1.807) is 0 Å². The summed E-state index contributed by atoms with van der Waals surface area (Å²) in [5.41, 5.74) is 5.69. The van der Waals surface area contributed by atoms with Crippen molar-refractivity contribution in [3.63, 3.8) is 0 Å². The molecule has 0 aromatic heterocycles. The summed E-state index contributed by atoms with van der Waals surface area (Å²) < 4.78 is 0. The molecule has 0 spiro atoms. The number of nitrogens with zero attached hydrogens (tertiary/aromatic N) is 2. The van der Waals surface area contributed by atoms with Crippen molar-refractivity contribution >= 4 is 17.2 Å². The van der Waals surface area contributed by atoms with Gasteiger partial charge in [0, 0.05) is 32.7 Å². The van der Waals surface area contributed by atoms with Gasteiger partial charge < -0.3 is 10.6 Å². The predicted molar refractivity (Wildman–Crippen MR) is 82.9 cm³/mol. The Labute approximate surface area is 118 Å². The number of thiocarbonyl (C=S) groups is 1. The zero-order chi connectivity index (χ0) is 13.8. The molecule has 4 heteroatoms. The molecule has 1 unspecified atom stereocenters.